The first kappa shape index (κ1) is 11.5. The molecule has 0 radical (unpaired) electrons. The summed E-state index contributed by atoms with van der Waals surface area (Å²) in [6, 6.07) is 3.00. The van der Waals surface area contributed by atoms with Crippen molar-refractivity contribution >= 4 is 28.6 Å². The molecule has 0 bridgehead atoms. The average Bonchev–Trinajstić information content (AvgIpc) is 3.24. The number of halogens is 2. The molecular weight excluding hydrogens is 265 g/mol. The smallest absolute Gasteiger partial charge is 0.201 e. The molecule has 1 aromatic heterocycles. The molecule has 1 heterocycles. The van der Waals surface area contributed by atoms with Gasteiger partial charge in [0.2, 0.25) is 5.95 Å². The molecule has 0 spiro atoms. The van der Waals surface area contributed by atoms with Crippen LogP contribution in [0, 0.1) is 17.2 Å². The maximum absolute atomic E-state index is 13.6. The largest absolute Gasteiger partial charge is 0.369 e. The fourth-order valence-electron chi connectivity index (χ4n) is 3.17. The Labute approximate surface area is 115 Å². The summed E-state index contributed by atoms with van der Waals surface area (Å²) < 4.78 is 15.6. The molecule has 3 nitrogen and oxygen atoms in total. The highest BCUT2D eigenvalue weighted by Crippen LogP contribution is 2.62. The summed E-state index contributed by atoms with van der Waals surface area (Å²) in [7, 11) is 0. The van der Waals surface area contributed by atoms with Crippen LogP contribution in [0.15, 0.2) is 12.1 Å². The molecule has 0 amide bonds. The number of benzene rings is 1. The van der Waals surface area contributed by atoms with Gasteiger partial charge in [-0.15, -0.1) is 0 Å². The Morgan fingerprint density at radius 1 is 1.42 bits per heavy atom. The van der Waals surface area contributed by atoms with E-state index in [0.717, 1.165) is 18.0 Å². The third-order valence-corrected chi connectivity index (χ3v) is 4.92. The first-order valence-corrected chi connectivity index (χ1v) is 7.08. The van der Waals surface area contributed by atoms with E-state index >= 15 is 0 Å². The van der Waals surface area contributed by atoms with Crippen LogP contribution in [0.25, 0.3) is 11.0 Å². The standard InChI is InChI=1S/C14H15ClFN3/c15-9-5-11-12(6-10(9)16)19(13(17)18-11)7-14(3-4-14)8-1-2-8/h5-6,8H,1-4,7H2,(H2,17,18). The number of fused-ring (bicyclic) bond motifs is 1. The van der Waals surface area contributed by atoms with E-state index in [-0.39, 0.29) is 5.02 Å². The van der Waals surface area contributed by atoms with Crippen LogP contribution < -0.4 is 5.73 Å². The van der Waals surface area contributed by atoms with Gasteiger partial charge in [0.15, 0.2) is 0 Å². The molecule has 4 rings (SSSR count). The number of nitrogens with zero attached hydrogens (tertiary/aromatic N) is 2. The van der Waals surface area contributed by atoms with Crippen molar-refractivity contribution < 1.29 is 4.39 Å². The van der Waals surface area contributed by atoms with E-state index in [1.54, 1.807) is 6.07 Å². The van der Waals surface area contributed by atoms with Gasteiger partial charge >= 0.3 is 0 Å². The summed E-state index contributed by atoms with van der Waals surface area (Å²) in [6.45, 7) is 0.862. The number of hydrogen-bond donors (Lipinski definition) is 1. The summed E-state index contributed by atoms with van der Waals surface area (Å²) in [5.74, 6) is 0.886. The quantitative estimate of drug-likeness (QED) is 0.933. The molecule has 2 aliphatic carbocycles. The molecule has 100 valence electrons. The van der Waals surface area contributed by atoms with Crippen LogP contribution in [0.1, 0.15) is 25.7 Å². The maximum Gasteiger partial charge on any atom is 0.201 e. The molecule has 2 saturated carbocycles. The number of rotatable bonds is 3. The van der Waals surface area contributed by atoms with Crippen LogP contribution in [-0.4, -0.2) is 9.55 Å². The minimum Gasteiger partial charge on any atom is -0.369 e. The van der Waals surface area contributed by atoms with Crippen LogP contribution in [0.3, 0.4) is 0 Å². The van der Waals surface area contributed by atoms with E-state index in [1.807, 2.05) is 4.57 Å². The normalized spacial score (nSPS) is 20.9. The minimum atomic E-state index is -0.411. The number of nitrogens with two attached hydrogens (primary N) is 1. The van der Waals surface area contributed by atoms with Gasteiger partial charge in [0, 0.05) is 12.6 Å². The second-order valence-corrected chi connectivity index (χ2v) is 6.36. The maximum atomic E-state index is 13.6. The Morgan fingerprint density at radius 3 is 2.79 bits per heavy atom. The van der Waals surface area contributed by atoms with E-state index in [0.29, 0.717) is 16.9 Å². The highest BCUT2D eigenvalue weighted by molar-refractivity contribution is 6.31. The average molecular weight is 280 g/mol. The van der Waals surface area contributed by atoms with Gasteiger partial charge in [-0.1, -0.05) is 11.6 Å². The number of nitrogen functional groups attached to an aromatic ring is 1. The second kappa shape index (κ2) is 3.63. The first-order chi connectivity index (χ1) is 9.09. The van der Waals surface area contributed by atoms with Crippen molar-refractivity contribution in [1.82, 2.24) is 9.55 Å². The van der Waals surface area contributed by atoms with Crippen molar-refractivity contribution in [2.75, 3.05) is 5.73 Å². The zero-order valence-electron chi connectivity index (χ0n) is 10.5. The zero-order chi connectivity index (χ0) is 13.2. The molecule has 0 aliphatic heterocycles. The first-order valence-electron chi connectivity index (χ1n) is 6.70. The van der Waals surface area contributed by atoms with Gasteiger partial charge in [0.05, 0.1) is 16.1 Å². The van der Waals surface area contributed by atoms with Gasteiger partial charge < -0.3 is 10.3 Å². The third-order valence-electron chi connectivity index (χ3n) is 4.63. The van der Waals surface area contributed by atoms with Gasteiger partial charge in [0.25, 0.3) is 0 Å². The van der Waals surface area contributed by atoms with Crippen molar-refractivity contribution in [2.45, 2.75) is 32.2 Å². The van der Waals surface area contributed by atoms with E-state index in [2.05, 4.69) is 4.98 Å². The highest BCUT2D eigenvalue weighted by Gasteiger charge is 2.54. The summed E-state index contributed by atoms with van der Waals surface area (Å²) in [4.78, 5) is 4.30. The third kappa shape index (κ3) is 1.73. The fourth-order valence-corrected chi connectivity index (χ4v) is 3.33. The lowest BCUT2D eigenvalue weighted by Gasteiger charge is -2.16. The van der Waals surface area contributed by atoms with E-state index in [9.17, 15) is 4.39 Å². The molecule has 2 aromatic rings. The van der Waals surface area contributed by atoms with Crippen LogP contribution in [0.4, 0.5) is 10.3 Å². The van der Waals surface area contributed by atoms with Crippen molar-refractivity contribution in [3.8, 4) is 0 Å². The van der Waals surface area contributed by atoms with Crippen molar-refractivity contribution in [2.24, 2.45) is 11.3 Å². The van der Waals surface area contributed by atoms with E-state index in [4.69, 9.17) is 17.3 Å². The Morgan fingerprint density at radius 2 is 2.16 bits per heavy atom. The van der Waals surface area contributed by atoms with Crippen LogP contribution in [-0.2, 0) is 6.54 Å². The molecule has 2 fully saturated rings. The highest BCUT2D eigenvalue weighted by atomic mass is 35.5. The molecule has 0 unspecified atom stereocenters. The van der Waals surface area contributed by atoms with Crippen LogP contribution in [0.5, 0.6) is 0 Å². The molecule has 2 aliphatic rings. The Bertz CT molecular complexity index is 671. The lowest BCUT2D eigenvalue weighted by Crippen LogP contribution is -2.15. The number of hydrogen-bond acceptors (Lipinski definition) is 2. The lowest BCUT2D eigenvalue weighted by molar-refractivity contribution is 0.377. The molecule has 5 heteroatoms. The van der Waals surface area contributed by atoms with Crippen molar-refractivity contribution in [1.29, 1.82) is 0 Å². The summed E-state index contributed by atoms with van der Waals surface area (Å²) in [6.07, 6.45) is 5.17. The van der Waals surface area contributed by atoms with Crippen LogP contribution in [0.2, 0.25) is 5.02 Å². The fraction of sp³-hybridized carbons (Fsp3) is 0.500. The monoisotopic (exact) mass is 279 g/mol. The predicted molar refractivity (Wildman–Crippen MR) is 73.5 cm³/mol. The Hall–Kier alpha value is -1.29. The Balaban J connectivity index is 1.80. The number of aromatic nitrogens is 2. The van der Waals surface area contributed by atoms with Crippen LogP contribution >= 0.6 is 11.6 Å². The number of imidazole rings is 1. The SMILES string of the molecule is Nc1nc2cc(Cl)c(F)cc2n1CC1(C2CC2)CC1. The van der Waals surface area contributed by atoms with Gasteiger partial charge in [-0.05, 0) is 43.1 Å². The molecule has 2 N–H and O–H groups in total. The minimum absolute atomic E-state index is 0.0977. The Kier molecular flexibility index (Phi) is 2.20. The molecule has 19 heavy (non-hydrogen) atoms. The lowest BCUT2D eigenvalue weighted by atomic mass is 10.0. The molecule has 0 saturated heterocycles. The zero-order valence-corrected chi connectivity index (χ0v) is 11.3. The predicted octanol–water partition coefficient (Wildman–Crippen LogP) is 3.60. The molecule has 1 aromatic carbocycles. The molecular formula is C14H15ClFN3. The summed E-state index contributed by atoms with van der Waals surface area (Å²) >= 11 is 5.79. The number of anilines is 1. The topological polar surface area (TPSA) is 43.8 Å². The van der Waals surface area contributed by atoms with Gasteiger partial charge in [-0.25, -0.2) is 9.37 Å². The second-order valence-electron chi connectivity index (χ2n) is 5.95. The van der Waals surface area contributed by atoms with Gasteiger partial charge in [0.1, 0.15) is 5.82 Å². The molecule has 0 atom stereocenters. The van der Waals surface area contributed by atoms with Gasteiger partial charge in [-0.3, -0.25) is 0 Å². The van der Waals surface area contributed by atoms with E-state index in [1.165, 1.54) is 31.7 Å². The summed E-state index contributed by atoms with van der Waals surface area (Å²) in [5, 5.41) is 0.0977. The van der Waals surface area contributed by atoms with E-state index < -0.39 is 5.82 Å². The summed E-state index contributed by atoms with van der Waals surface area (Å²) in [5.41, 5.74) is 7.83. The van der Waals surface area contributed by atoms with Crippen molar-refractivity contribution in [3.05, 3.63) is 23.0 Å². The van der Waals surface area contributed by atoms with Gasteiger partial charge in [-0.2, -0.15) is 0 Å². The van der Waals surface area contributed by atoms with Crippen molar-refractivity contribution in [3.63, 3.8) is 0 Å².